The number of carbonyl (C=O) groups is 1. The molecule has 1 aliphatic rings. The third-order valence-corrected chi connectivity index (χ3v) is 6.49. The molecular weight excluding hydrogens is 380 g/mol. The van der Waals surface area contributed by atoms with E-state index in [1.165, 1.54) is 0 Å². The number of urea groups is 1. The smallest absolute Gasteiger partial charge is 0.322 e. The molecule has 0 spiro atoms. The maximum Gasteiger partial charge on any atom is 0.322 e. The normalized spacial score (nSPS) is 17.7. The fourth-order valence-electron chi connectivity index (χ4n) is 3.28. The minimum atomic E-state index is -3.13. The second kappa shape index (κ2) is 8.52. The van der Waals surface area contributed by atoms with Crippen LogP contribution in [-0.2, 0) is 16.4 Å². The summed E-state index contributed by atoms with van der Waals surface area (Å²) in [6.07, 6.45) is 0.428. The molecule has 0 aliphatic carbocycles. The van der Waals surface area contributed by atoms with Gasteiger partial charge >= 0.3 is 6.03 Å². The average molecular weight is 404 g/mol. The maximum absolute atomic E-state index is 13.0. The lowest BCUT2D eigenvalue weighted by Crippen LogP contribution is -2.43. The van der Waals surface area contributed by atoms with Crippen LogP contribution >= 0.6 is 0 Å². The standard InChI is InChI=1S/C20H24N2O5S/c1-26-18-9-8-15(12-19(18)27-2)13-22(17-10-11-28(24,25)14-17)20(23)21-16-6-4-3-5-7-16/h3-9,12,17H,10-11,13-14H2,1-2H3,(H,21,23). The first-order valence-electron chi connectivity index (χ1n) is 8.96. The number of sulfone groups is 1. The van der Waals surface area contributed by atoms with Crippen molar-refractivity contribution in [3.8, 4) is 11.5 Å². The van der Waals surface area contributed by atoms with E-state index in [-0.39, 0.29) is 30.1 Å². The molecule has 1 atom stereocenters. The van der Waals surface area contributed by atoms with Crippen LogP contribution in [0.15, 0.2) is 48.5 Å². The van der Waals surface area contributed by atoms with Crippen molar-refractivity contribution < 1.29 is 22.7 Å². The molecule has 0 radical (unpaired) electrons. The summed E-state index contributed by atoms with van der Waals surface area (Å²) in [6, 6.07) is 13.8. The molecule has 28 heavy (non-hydrogen) atoms. The fraction of sp³-hybridized carbons (Fsp3) is 0.350. The van der Waals surface area contributed by atoms with Crippen LogP contribution in [-0.4, -0.2) is 51.1 Å². The SMILES string of the molecule is COc1ccc(CN(C(=O)Nc2ccccc2)C2CCS(=O)(=O)C2)cc1OC. The number of ether oxygens (including phenoxy) is 2. The number of rotatable bonds is 6. The molecule has 8 heteroatoms. The summed E-state index contributed by atoms with van der Waals surface area (Å²) in [5.74, 6) is 1.22. The van der Waals surface area contributed by atoms with E-state index < -0.39 is 9.84 Å². The number of hydrogen-bond acceptors (Lipinski definition) is 5. The second-order valence-corrected chi connectivity index (χ2v) is 8.90. The van der Waals surface area contributed by atoms with Crippen molar-refractivity contribution in [2.45, 2.75) is 19.0 Å². The molecule has 1 saturated heterocycles. The highest BCUT2D eigenvalue weighted by atomic mass is 32.2. The number of anilines is 1. The molecule has 0 aromatic heterocycles. The lowest BCUT2D eigenvalue weighted by atomic mass is 10.1. The van der Waals surface area contributed by atoms with Crippen molar-refractivity contribution in [3.05, 3.63) is 54.1 Å². The van der Waals surface area contributed by atoms with Gasteiger partial charge in [-0.05, 0) is 36.2 Å². The monoisotopic (exact) mass is 404 g/mol. The summed E-state index contributed by atoms with van der Waals surface area (Å²) < 4.78 is 34.5. The lowest BCUT2D eigenvalue weighted by molar-refractivity contribution is 0.190. The molecule has 1 heterocycles. The summed E-state index contributed by atoms with van der Waals surface area (Å²) in [6.45, 7) is 0.263. The minimum absolute atomic E-state index is 0.0253. The number of nitrogens with zero attached hydrogens (tertiary/aromatic N) is 1. The van der Waals surface area contributed by atoms with Crippen LogP contribution in [0.2, 0.25) is 0 Å². The quantitative estimate of drug-likeness (QED) is 0.800. The highest BCUT2D eigenvalue weighted by molar-refractivity contribution is 7.91. The van der Waals surface area contributed by atoms with Gasteiger partial charge in [-0.2, -0.15) is 0 Å². The largest absolute Gasteiger partial charge is 0.493 e. The van der Waals surface area contributed by atoms with Crippen LogP contribution in [0.3, 0.4) is 0 Å². The summed E-state index contributed by atoms with van der Waals surface area (Å²) in [5, 5.41) is 2.85. The molecule has 1 N–H and O–H groups in total. The Labute approximate surface area is 165 Å². The van der Waals surface area contributed by atoms with Gasteiger partial charge in [0.25, 0.3) is 0 Å². The van der Waals surface area contributed by atoms with Crippen molar-refractivity contribution in [3.63, 3.8) is 0 Å². The number of carbonyl (C=O) groups excluding carboxylic acids is 1. The van der Waals surface area contributed by atoms with E-state index in [0.29, 0.717) is 23.6 Å². The molecule has 7 nitrogen and oxygen atoms in total. The van der Waals surface area contributed by atoms with E-state index in [0.717, 1.165) is 5.56 Å². The van der Waals surface area contributed by atoms with Gasteiger partial charge in [0.05, 0.1) is 25.7 Å². The number of benzene rings is 2. The van der Waals surface area contributed by atoms with Gasteiger partial charge in [-0.1, -0.05) is 24.3 Å². The molecular formula is C20H24N2O5S. The number of amides is 2. The first-order valence-corrected chi connectivity index (χ1v) is 10.8. The summed E-state index contributed by atoms with van der Waals surface area (Å²) in [5.41, 5.74) is 1.48. The third-order valence-electron chi connectivity index (χ3n) is 4.74. The second-order valence-electron chi connectivity index (χ2n) is 6.67. The molecule has 1 aliphatic heterocycles. The first kappa shape index (κ1) is 20.0. The topological polar surface area (TPSA) is 84.9 Å². The van der Waals surface area contributed by atoms with Gasteiger partial charge in [0.1, 0.15) is 0 Å². The predicted octanol–water partition coefficient (Wildman–Crippen LogP) is 2.93. The molecule has 150 valence electrons. The predicted molar refractivity (Wildman–Crippen MR) is 108 cm³/mol. The lowest BCUT2D eigenvalue weighted by Gasteiger charge is -2.29. The van der Waals surface area contributed by atoms with Gasteiger partial charge in [-0.3, -0.25) is 0 Å². The Morgan fingerprint density at radius 2 is 1.82 bits per heavy atom. The van der Waals surface area contributed by atoms with Gasteiger partial charge in [0.2, 0.25) is 0 Å². The van der Waals surface area contributed by atoms with Crippen LogP contribution in [0, 0.1) is 0 Å². The van der Waals surface area contributed by atoms with Crippen molar-refractivity contribution >= 4 is 21.6 Å². The number of nitrogens with one attached hydrogen (secondary N) is 1. The molecule has 0 bridgehead atoms. The molecule has 2 aromatic rings. The van der Waals surface area contributed by atoms with Crippen molar-refractivity contribution in [1.29, 1.82) is 0 Å². The van der Waals surface area contributed by atoms with Crippen LogP contribution < -0.4 is 14.8 Å². The van der Waals surface area contributed by atoms with Crippen molar-refractivity contribution in [2.24, 2.45) is 0 Å². The molecule has 2 amide bonds. The van der Waals surface area contributed by atoms with E-state index in [1.807, 2.05) is 24.3 Å². The van der Waals surface area contributed by atoms with Crippen molar-refractivity contribution in [2.75, 3.05) is 31.0 Å². The highest BCUT2D eigenvalue weighted by Gasteiger charge is 2.35. The van der Waals surface area contributed by atoms with Gasteiger partial charge in [0, 0.05) is 18.3 Å². The van der Waals surface area contributed by atoms with E-state index in [1.54, 1.807) is 43.4 Å². The van der Waals surface area contributed by atoms with E-state index in [9.17, 15) is 13.2 Å². The van der Waals surface area contributed by atoms with Gasteiger partial charge in [-0.15, -0.1) is 0 Å². The van der Waals surface area contributed by atoms with Crippen LogP contribution in [0.4, 0.5) is 10.5 Å². The minimum Gasteiger partial charge on any atom is -0.493 e. The van der Waals surface area contributed by atoms with E-state index >= 15 is 0 Å². The summed E-state index contributed by atoms with van der Waals surface area (Å²) in [7, 11) is -0.0262. The Kier molecular flexibility index (Phi) is 6.08. The van der Waals surface area contributed by atoms with E-state index in [4.69, 9.17) is 9.47 Å². The molecule has 0 saturated carbocycles. The van der Waals surface area contributed by atoms with Crippen molar-refractivity contribution in [1.82, 2.24) is 4.90 Å². The number of hydrogen-bond donors (Lipinski definition) is 1. The Morgan fingerprint density at radius 1 is 1.11 bits per heavy atom. The molecule has 1 fully saturated rings. The zero-order valence-corrected chi connectivity index (χ0v) is 16.7. The van der Waals surface area contributed by atoms with Gasteiger partial charge < -0.3 is 19.7 Å². The van der Waals surface area contributed by atoms with Crippen LogP contribution in [0.1, 0.15) is 12.0 Å². The van der Waals surface area contributed by atoms with Gasteiger partial charge in [0.15, 0.2) is 21.3 Å². The van der Waals surface area contributed by atoms with Crippen LogP contribution in [0.5, 0.6) is 11.5 Å². The molecule has 2 aromatic carbocycles. The Bertz CT molecular complexity index is 931. The third kappa shape index (κ3) is 4.75. The van der Waals surface area contributed by atoms with Gasteiger partial charge in [-0.25, -0.2) is 13.2 Å². The highest BCUT2D eigenvalue weighted by Crippen LogP contribution is 2.29. The summed E-state index contributed by atoms with van der Waals surface area (Å²) >= 11 is 0. The fourth-order valence-corrected chi connectivity index (χ4v) is 5.01. The average Bonchev–Trinajstić information content (AvgIpc) is 3.06. The Morgan fingerprint density at radius 3 is 2.43 bits per heavy atom. The molecule has 3 rings (SSSR count). The summed E-state index contributed by atoms with van der Waals surface area (Å²) in [4.78, 5) is 14.5. The first-order chi connectivity index (χ1) is 13.4. The maximum atomic E-state index is 13.0. The van der Waals surface area contributed by atoms with Crippen LogP contribution in [0.25, 0.3) is 0 Å². The Balaban J connectivity index is 1.85. The van der Waals surface area contributed by atoms with E-state index in [2.05, 4.69) is 5.32 Å². The Hall–Kier alpha value is -2.74. The number of methoxy groups -OCH3 is 2. The zero-order chi connectivity index (χ0) is 20.1. The molecule has 1 unspecified atom stereocenters. The number of para-hydroxylation sites is 1. The zero-order valence-electron chi connectivity index (χ0n) is 15.9.